The first-order chi connectivity index (χ1) is 7.89. The fourth-order valence-electron chi connectivity index (χ4n) is 2.44. The van der Waals surface area contributed by atoms with Gasteiger partial charge in [-0.15, -0.1) is 0 Å². The van der Waals surface area contributed by atoms with Crippen molar-refractivity contribution in [1.82, 2.24) is 10.6 Å². The van der Waals surface area contributed by atoms with Gasteiger partial charge in [-0.3, -0.25) is 9.59 Å². The van der Waals surface area contributed by atoms with E-state index in [1.54, 1.807) is 0 Å². The van der Waals surface area contributed by atoms with Crippen LogP contribution in [-0.2, 0) is 9.59 Å². The summed E-state index contributed by atoms with van der Waals surface area (Å²) in [5, 5.41) is 5.40. The van der Waals surface area contributed by atoms with Crippen LogP contribution in [0.4, 0.5) is 0 Å². The summed E-state index contributed by atoms with van der Waals surface area (Å²) in [5.74, 6) is 0.304. The van der Waals surface area contributed by atoms with E-state index < -0.39 is 5.41 Å². The van der Waals surface area contributed by atoms with Gasteiger partial charge >= 0.3 is 0 Å². The van der Waals surface area contributed by atoms with Crippen LogP contribution in [0.15, 0.2) is 0 Å². The molecule has 17 heavy (non-hydrogen) atoms. The number of hydrogen-bond donors (Lipinski definition) is 3. The third-order valence-electron chi connectivity index (χ3n) is 3.21. The summed E-state index contributed by atoms with van der Waals surface area (Å²) in [4.78, 5) is 23.3. The Bertz CT molecular complexity index is 296. The molecule has 0 aromatic heterocycles. The van der Waals surface area contributed by atoms with Crippen LogP contribution in [0.25, 0.3) is 0 Å². The number of rotatable bonds is 5. The van der Waals surface area contributed by atoms with E-state index in [1.165, 1.54) is 0 Å². The molecule has 2 amide bonds. The molecule has 1 aliphatic carbocycles. The average molecular weight is 241 g/mol. The largest absolute Gasteiger partial charge is 0.352 e. The van der Waals surface area contributed by atoms with Crippen molar-refractivity contribution >= 4 is 11.8 Å². The van der Waals surface area contributed by atoms with Gasteiger partial charge in [0, 0.05) is 12.6 Å². The zero-order chi connectivity index (χ0) is 13.1. The molecule has 1 aliphatic rings. The zero-order valence-electron chi connectivity index (χ0n) is 10.9. The summed E-state index contributed by atoms with van der Waals surface area (Å²) in [6, 6.07) is 0.0894. The molecule has 0 aromatic carbocycles. The molecule has 5 heteroatoms. The Balaban J connectivity index is 2.37. The van der Waals surface area contributed by atoms with E-state index in [2.05, 4.69) is 17.6 Å². The first-order valence-electron chi connectivity index (χ1n) is 6.17. The van der Waals surface area contributed by atoms with Gasteiger partial charge in [-0.2, -0.15) is 0 Å². The molecule has 0 unspecified atom stereocenters. The van der Waals surface area contributed by atoms with Gasteiger partial charge in [0.05, 0.1) is 12.0 Å². The Morgan fingerprint density at radius 3 is 2.41 bits per heavy atom. The number of hydrogen-bond acceptors (Lipinski definition) is 3. The van der Waals surface area contributed by atoms with Crippen molar-refractivity contribution < 1.29 is 9.59 Å². The molecular formula is C12H23N3O2. The van der Waals surface area contributed by atoms with Crippen LogP contribution in [0, 0.1) is 11.3 Å². The van der Waals surface area contributed by atoms with Gasteiger partial charge in [-0.05, 0) is 32.6 Å². The molecule has 4 N–H and O–H groups in total. The van der Waals surface area contributed by atoms with Crippen LogP contribution in [0.3, 0.4) is 0 Å². The van der Waals surface area contributed by atoms with Crippen molar-refractivity contribution in [3.05, 3.63) is 0 Å². The SMILES string of the molecule is CC1CC(CN)(C(=O)NCC(=O)NC(C)C)C1. The summed E-state index contributed by atoms with van der Waals surface area (Å²) >= 11 is 0. The third kappa shape index (κ3) is 3.43. The van der Waals surface area contributed by atoms with Crippen molar-refractivity contribution in [3.63, 3.8) is 0 Å². The second kappa shape index (κ2) is 5.49. The fraction of sp³-hybridized carbons (Fsp3) is 0.833. The van der Waals surface area contributed by atoms with E-state index in [-0.39, 0.29) is 24.4 Å². The summed E-state index contributed by atoms with van der Waals surface area (Å²) in [7, 11) is 0. The van der Waals surface area contributed by atoms with E-state index >= 15 is 0 Å². The van der Waals surface area contributed by atoms with Crippen molar-refractivity contribution in [2.45, 2.75) is 39.7 Å². The summed E-state index contributed by atoms with van der Waals surface area (Å²) < 4.78 is 0. The first-order valence-corrected chi connectivity index (χ1v) is 6.17. The number of nitrogens with one attached hydrogen (secondary N) is 2. The highest BCUT2D eigenvalue weighted by atomic mass is 16.2. The number of nitrogens with two attached hydrogens (primary N) is 1. The molecule has 1 saturated carbocycles. The molecule has 0 spiro atoms. The monoisotopic (exact) mass is 241 g/mol. The Morgan fingerprint density at radius 1 is 1.41 bits per heavy atom. The van der Waals surface area contributed by atoms with E-state index in [0.717, 1.165) is 12.8 Å². The maximum atomic E-state index is 11.9. The lowest BCUT2D eigenvalue weighted by Gasteiger charge is -2.44. The highest BCUT2D eigenvalue weighted by Gasteiger charge is 2.47. The predicted octanol–water partition coefficient (Wildman–Crippen LogP) is 0.00220. The normalized spacial score (nSPS) is 27.5. The van der Waals surface area contributed by atoms with Gasteiger partial charge in [0.1, 0.15) is 0 Å². The fourth-order valence-corrected chi connectivity index (χ4v) is 2.44. The number of carbonyl (C=O) groups is 2. The molecule has 0 saturated heterocycles. The summed E-state index contributed by atoms with van der Waals surface area (Å²) in [6.45, 7) is 6.26. The lowest BCUT2D eigenvalue weighted by Crippen LogP contribution is -2.54. The van der Waals surface area contributed by atoms with Crippen molar-refractivity contribution in [2.75, 3.05) is 13.1 Å². The van der Waals surface area contributed by atoms with Crippen LogP contribution in [-0.4, -0.2) is 30.9 Å². The van der Waals surface area contributed by atoms with Crippen LogP contribution >= 0.6 is 0 Å². The van der Waals surface area contributed by atoms with E-state index in [0.29, 0.717) is 12.5 Å². The molecular weight excluding hydrogens is 218 g/mol. The van der Waals surface area contributed by atoms with E-state index in [4.69, 9.17) is 5.73 Å². The van der Waals surface area contributed by atoms with Gasteiger partial charge in [0.15, 0.2) is 0 Å². The Labute approximate surface area is 103 Å². The second-order valence-corrected chi connectivity index (χ2v) is 5.40. The minimum Gasteiger partial charge on any atom is -0.352 e. The van der Waals surface area contributed by atoms with Crippen LogP contribution in [0.5, 0.6) is 0 Å². The van der Waals surface area contributed by atoms with Crippen LogP contribution < -0.4 is 16.4 Å². The average Bonchev–Trinajstić information content (AvgIpc) is 2.20. The van der Waals surface area contributed by atoms with Gasteiger partial charge < -0.3 is 16.4 Å². The maximum Gasteiger partial charge on any atom is 0.239 e. The first kappa shape index (κ1) is 14.0. The van der Waals surface area contributed by atoms with Gasteiger partial charge in [-0.1, -0.05) is 6.92 Å². The zero-order valence-corrected chi connectivity index (χ0v) is 10.9. The second-order valence-electron chi connectivity index (χ2n) is 5.40. The minimum atomic E-state index is -0.433. The molecule has 0 heterocycles. The topological polar surface area (TPSA) is 84.2 Å². The molecule has 0 atom stereocenters. The highest BCUT2D eigenvalue weighted by Crippen LogP contribution is 2.44. The number of carbonyl (C=O) groups excluding carboxylic acids is 2. The third-order valence-corrected chi connectivity index (χ3v) is 3.21. The standard InChI is InChI=1S/C12H23N3O2/c1-8(2)15-10(16)6-14-11(17)12(7-13)4-9(3)5-12/h8-9H,4-7,13H2,1-3H3,(H,14,17)(H,15,16). The molecule has 1 fully saturated rings. The van der Waals surface area contributed by atoms with Gasteiger partial charge in [0.2, 0.25) is 11.8 Å². The summed E-state index contributed by atoms with van der Waals surface area (Å²) in [6.07, 6.45) is 1.64. The molecule has 98 valence electrons. The van der Waals surface area contributed by atoms with E-state index in [1.807, 2.05) is 13.8 Å². The quantitative estimate of drug-likeness (QED) is 0.633. The predicted molar refractivity (Wildman–Crippen MR) is 66.2 cm³/mol. The highest BCUT2D eigenvalue weighted by molar-refractivity contribution is 5.88. The van der Waals surface area contributed by atoms with E-state index in [9.17, 15) is 9.59 Å². The van der Waals surface area contributed by atoms with Crippen molar-refractivity contribution in [3.8, 4) is 0 Å². The Morgan fingerprint density at radius 2 is 2.00 bits per heavy atom. The van der Waals surface area contributed by atoms with Crippen LogP contribution in [0.2, 0.25) is 0 Å². The molecule has 0 radical (unpaired) electrons. The minimum absolute atomic E-state index is 0.0349. The summed E-state index contributed by atoms with van der Waals surface area (Å²) in [5.41, 5.74) is 5.22. The lowest BCUT2D eigenvalue weighted by atomic mass is 9.62. The van der Waals surface area contributed by atoms with Crippen molar-refractivity contribution in [1.29, 1.82) is 0 Å². The molecule has 5 nitrogen and oxygen atoms in total. The molecule has 0 bridgehead atoms. The molecule has 0 aliphatic heterocycles. The van der Waals surface area contributed by atoms with Crippen LogP contribution in [0.1, 0.15) is 33.6 Å². The maximum absolute atomic E-state index is 11.9. The lowest BCUT2D eigenvalue weighted by molar-refractivity contribution is -0.139. The Kier molecular flexibility index (Phi) is 4.51. The van der Waals surface area contributed by atoms with Gasteiger partial charge in [0.25, 0.3) is 0 Å². The Hall–Kier alpha value is -1.10. The molecule has 0 aromatic rings. The smallest absolute Gasteiger partial charge is 0.239 e. The van der Waals surface area contributed by atoms with Crippen molar-refractivity contribution in [2.24, 2.45) is 17.1 Å². The van der Waals surface area contributed by atoms with Gasteiger partial charge in [-0.25, -0.2) is 0 Å². The molecule has 1 rings (SSSR count). The number of amides is 2.